The maximum Gasteiger partial charge on any atom is 0.307 e. The highest BCUT2D eigenvalue weighted by Gasteiger charge is 2.36. The molecule has 1 saturated carbocycles. The molecular formula is C18H22N2O3S. The normalized spacial score (nSPS) is 26.2. The van der Waals surface area contributed by atoms with Crippen LogP contribution in [0.4, 0.5) is 5.00 Å². The lowest BCUT2D eigenvalue weighted by Gasteiger charge is -2.27. The number of fused-ring (bicyclic) bond motifs is 1. The first-order valence-electron chi connectivity index (χ1n) is 8.59. The average molecular weight is 346 g/mol. The van der Waals surface area contributed by atoms with E-state index in [1.807, 2.05) is 0 Å². The number of thiophene rings is 1. The molecule has 2 N–H and O–H groups in total. The fraction of sp³-hybridized carbons (Fsp3) is 0.611. The molecule has 1 fully saturated rings. The van der Waals surface area contributed by atoms with Gasteiger partial charge in [-0.15, -0.1) is 11.3 Å². The Kier molecular flexibility index (Phi) is 4.91. The summed E-state index contributed by atoms with van der Waals surface area (Å²) in [5, 5.41) is 22.3. The number of nitriles is 1. The van der Waals surface area contributed by atoms with Crippen LogP contribution < -0.4 is 5.32 Å². The molecule has 128 valence electrons. The summed E-state index contributed by atoms with van der Waals surface area (Å²) in [6, 6.07) is 2.24. The number of aliphatic carboxylic acids is 1. The minimum absolute atomic E-state index is 0.245. The third-order valence-corrected chi connectivity index (χ3v) is 6.45. The van der Waals surface area contributed by atoms with Crippen molar-refractivity contribution in [3.05, 3.63) is 16.0 Å². The smallest absolute Gasteiger partial charge is 0.307 e. The van der Waals surface area contributed by atoms with Gasteiger partial charge >= 0.3 is 5.97 Å². The fourth-order valence-electron chi connectivity index (χ4n) is 3.90. The van der Waals surface area contributed by atoms with Crippen molar-refractivity contribution < 1.29 is 14.7 Å². The second kappa shape index (κ2) is 6.94. The summed E-state index contributed by atoms with van der Waals surface area (Å²) in [5.74, 6) is -1.65. The van der Waals surface area contributed by atoms with Crippen LogP contribution in [0.2, 0.25) is 0 Å². The van der Waals surface area contributed by atoms with Gasteiger partial charge in [0, 0.05) is 4.88 Å². The Morgan fingerprint density at radius 2 is 1.96 bits per heavy atom. The molecule has 3 atom stereocenters. The minimum atomic E-state index is -0.894. The van der Waals surface area contributed by atoms with Gasteiger partial charge in [0.15, 0.2) is 0 Å². The van der Waals surface area contributed by atoms with Crippen molar-refractivity contribution in [3.63, 3.8) is 0 Å². The molecular weight excluding hydrogens is 324 g/mol. The van der Waals surface area contributed by atoms with Crippen molar-refractivity contribution >= 4 is 28.2 Å². The van der Waals surface area contributed by atoms with Gasteiger partial charge in [-0.3, -0.25) is 9.59 Å². The summed E-state index contributed by atoms with van der Waals surface area (Å²) < 4.78 is 0. The van der Waals surface area contributed by atoms with E-state index in [1.165, 1.54) is 16.2 Å². The van der Waals surface area contributed by atoms with Gasteiger partial charge in [0.25, 0.3) is 0 Å². The third kappa shape index (κ3) is 3.18. The molecule has 0 aromatic carbocycles. The zero-order valence-electron chi connectivity index (χ0n) is 13.8. The molecule has 1 heterocycles. The molecule has 6 heteroatoms. The van der Waals surface area contributed by atoms with Crippen LogP contribution in [-0.2, 0) is 22.4 Å². The van der Waals surface area contributed by atoms with Gasteiger partial charge in [-0.1, -0.05) is 19.8 Å². The van der Waals surface area contributed by atoms with Gasteiger partial charge in [0.05, 0.1) is 17.4 Å². The second-order valence-corrected chi connectivity index (χ2v) is 8.10. The van der Waals surface area contributed by atoms with E-state index in [-0.39, 0.29) is 5.91 Å². The average Bonchev–Trinajstić information content (AvgIpc) is 2.90. The Labute approximate surface area is 145 Å². The van der Waals surface area contributed by atoms with Gasteiger partial charge in [-0.25, -0.2) is 0 Å². The SMILES string of the molecule is CC1CCc2c(sc(NC(=O)C3CCCCC3C(=O)O)c2C#N)C1. The molecule has 0 radical (unpaired) electrons. The monoisotopic (exact) mass is 346 g/mol. The number of carbonyl (C=O) groups is 2. The van der Waals surface area contributed by atoms with Crippen LogP contribution >= 0.6 is 11.3 Å². The van der Waals surface area contributed by atoms with E-state index in [1.54, 1.807) is 0 Å². The Morgan fingerprint density at radius 1 is 1.25 bits per heavy atom. The number of nitrogens with zero attached hydrogens (tertiary/aromatic N) is 1. The zero-order valence-corrected chi connectivity index (χ0v) is 14.6. The van der Waals surface area contributed by atoms with Crippen LogP contribution in [0.3, 0.4) is 0 Å². The fourth-order valence-corrected chi connectivity index (χ4v) is 5.27. The van der Waals surface area contributed by atoms with E-state index in [0.717, 1.165) is 37.7 Å². The number of carbonyl (C=O) groups excluding carboxylic acids is 1. The van der Waals surface area contributed by atoms with Crippen LogP contribution in [0.1, 0.15) is 55.0 Å². The van der Waals surface area contributed by atoms with Gasteiger partial charge in [0.1, 0.15) is 11.1 Å². The predicted molar refractivity (Wildman–Crippen MR) is 91.9 cm³/mol. The highest BCUT2D eigenvalue weighted by atomic mass is 32.1. The molecule has 0 saturated heterocycles. The number of hydrogen-bond donors (Lipinski definition) is 2. The molecule has 1 amide bonds. The molecule has 1 aromatic heterocycles. The summed E-state index contributed by atoms with van der Waals surface area (Å²) in [4.78, 5) is 25.3. The summed E-state index contributed by atoms with van der Waals surface area (Å²) in [5.41, 5.74) is 1.66. The maximum absolute atomic E-state index is 12.7. The lowest BCUT2D eigenvalue weighted by Crippen LogP contribution is -2.36. The summed E-state index contributed by atoms with van der Waals surface area (Å²) in [6.07, 6.45) is 5.79. The van der Waals surface area contributed by atoms with Gasteiger partial charge < -0.3 is 10.4 Å². The van der Waals surface area contributed by atoms with E-state index in [4.69, 9.17) is 0 Å². The van der Waals surface area contributed by atoms with Crippen molar-refractivity contribution in [1.82, 2.24) is 0 Å². The number of amides is 1. The lowest BCUT2D eigenvalue weighted by molar-refractivity contribution is -0.147. The number of rotatable bonds is 3. The van der Waals surface area contributed by atoms with E-state index in [0.29, 0.717) is 29.3 Å². The number of anilines is 1. The molecule has 1 aromatic rings. The first-order chi connectivity index (χ1) is 11.5. The van der Waals surface area contributed by atoms with Gasteiger partial charge in [-0.05, 0) is 43.6 Å². The Balaban J connectivity index is 1.82. The Bertz CT molecular complexity index is 704. The van der Waals surface area contributed by atoms with Crippen LogP contribution in [0, 0.1) is 29.1 Å². The van der Waals surface area contributed by atoms with Crippen LogP contribution in [0.25, 0.3) is 0 Å². The van der Waals surface area contributed by atoms with Crippen molar-refractivity contribution in [2.24, 2.45) is 17.8 Å². The van der Waals surface area contributed by atoms with E-state index in [9.17, 15) is 20.0 Å². The van der Waals surface area contributed by atoms with E-state index in [2.05, 4.69) is 18.3 Å². The van der Waals surface area contributed by atoms with Gasteiger partial charge in [0.2, 0.25) is 5.91 Å². The molecule has 0 aliphatic heterocycles. The number of carboxylic acid groups (broad SMARTS) is 1. The molecule has 3 rings (SSSR count). The highest BCUT2D eigenvalue weighted by Crippen LogP contribution is 2.40. The first-order valence-corrected chi connectivity index (χ1v) is 9.41. The van der Waals surface area contributed by atoms with Crippen LogP contribution in [-0.4, -0.2) is 17.0 Å². The van der Waals surface area contributed by atoms with Crippen LogP contribution in [0.5, 0.6) is 0 Å². The number of carboxylic acids is 1. The minimum Gasteiger partial charge on any atom is -0.481 e. The third-order valence-electron chi connectivity index (χ3n) is 5.28. The van der Waals surface area contributed by atoms with Crippen molar-refractivity contribution in [3.8, 4) is 6.07 Å². The quantitative estimate of drug-likeness (QED) is 0.875. The first kappa shape index (κ1) is 17.0. The topological polar surface area (TPSA) is 90.2 Å². The molecule has 3 unspecified atom stereocenters. The Hall–Kier alpha value is -1.87. The van der Waals surface area contributed by atoms with E-state index < -0.39 is 17.8 Å². The maximum atomic E-state index is 12.7. The van der Waals surface area contributed by atoms with Gasteiger partial charge in [-0.2, -0.15) is 5.26 Å². The molecule has 2 aliphatic rings. The summed E-state index contributed by atoms with van der Waals surface area (Å²) in [6.45, 7) is 2.20. The van der Waals surface area contributed by atoms with Crippen molar-refractivity contribution in [2.45, 2.75) is 51.9 Å². The van der Waals surface area contributed by atoms with Crippen LogP contribution in [0.15, 0.2) is 0 Å². The lowest BCUT2D eigenvalue weighted by atomic mass is 9.78. The molecule has 2 aliphatic carbocycles. The number of nitrogens with one attached hydrogen (secondary N) is 1. The number of hydrogen-bond acceptors (Lipinski definition) is 4. The van der Waals surface area contributed by atoms with Crippen molar-refractivity contribution in [1.29, 1.82) is 5.26 Å². The molecule has 0 spiro atoms. The standard InChI is InChI=1S/C18H22N2O3S/c1-10-6-7-11-14(9-19)17(24-15(11)8-10)20-16(21)12-4-2-3-5-13(12)18(22)23/h10,12-13H,2-8H2,1H3,(H,20,21)(H,22,23). The summed E-state index contributed by atoms with van der Waals surface area (Å²) in [7, 11) is 0. The van der Waals surface area contributed by atoms with E-state index >= 15 is 0 Å². The molecule has 0 bridgehead atoms. The highest BCUT2D eigenvalue weighted by molar-refractivity contribution is 7.16. The van der Waals surface area contributed by atoms with Crippen molar-refractivity contribution in [2.75, 3.05) is 5.32 Å². The molecule has 5 nitrogen and oxygen atoms in total. The summed E-state index contributed by atoms with van der Waals surface area (Å²) >= 11 is 1.49. The second-order valence-electron chi connectivity index (χ2n) is 6.99. The Morgan fingerprint density at radius 3 is 2.62 bits per heavy atom. The predicted octanol–water partition coefficient (Wildman–Crippen LogP) is 3.57. The zero-order chi connectivity index (χ0) is 17.3. The largest absolute Gasteiger partial charge is 0.481 e. The molecule has 24 heavy (non-hydrogen) atoms.